The van der Waals surface area contributed by atoms with Gasteiger partial charge >= 0.3 is 0 Å². The highest BCUT2D eigenvalue weighted by Crippen LogP contribution is 2.17. The maximum absolute atomic E-state index is 11.7. The molecular weight excluding hydrogens is 398 g/mol. The quantitative estimate of drug-likeness (QED) is 0.470. The molecule has 6 nitrogen and oxygen atoms in total. The van der Waals surface area contributed by atoms with Gasteiger partial charge in [0.25, 0.3) is 0 Å². The summed E-state index contributed by atoms with van der Waals surface area (Å²) >= 11 is 5.87. The molecule has 8 heteroatoms. The standard InChI is InChI=1S/C20H26ClN3O3S/c1-4-22-20(24-13-18(25)16-6-8-17(21)9-7-16)23-12-15-5-10-19(14(2)11-15)28(3,26)27/h5-11,18,25H,4,12-13H2,1-3H3,(H2,22,23,24). The lowest BCUT2D eigenvalue weighted by molar-refractivity contribution is 0.181. The van der Waals surface area contributed by atoms with Crippen molar-refractivity contribution >= 4 is 27.4 Å². The number of halogens is 1. The Morgan fingerprint density at radius 3 is 2.43 bits per heavy atom. The lowest BCUT2D eigenvalue weighted by Crippen LogP contribution is -2.39. The van der Waals surface area contributed by atoms with Crippen molar-refractivity contribution in [1.29, 1.82) is 0 Å². The molecule has 0 amide bonds. The Kier molecular flexibility index (Phi) is 7.86. The molecule has 0 bridgehead atoms. The fraction of sp³-hybridized carbons (Fsp3) is 0.350. The zero-order valence-electron chi connectivity index (χ0n) is 16.2. The lowest BCUT2D eigenvalue weighted by atomic mass is 10.1. The zero-order valence-corrected chi connectivity index (χ0v) is 17.8. The number of nitrogens with one attached hydrogen (secondary N) is 2. The minimum Gasteiger partial charge on any atom is -0.387 e. The molecule has 0 aliphatic rings. The first-order valence-electron chi connectivity index (χ1n) is 8.96. The fourth-order valence-electron chi connectivity index (χ4n) is 2.73. The summed E-state index contributed by atoms with van der Waals surface area (Å²) < 4.78 is 23.4. The first-order chi connectivity index (χ1) is 13.2. The summed E-state index contributed by atoms with van der Waals surface area (Å²) in [5, 5.41) is 17.2. The number of nitrogens with zero attached hydrogens (tertiary/aromatic N) is 1. The average Bonchev–Trinajstić information content (AvgIpc) is 2.63. The number of hydrogen-bond donors (Lipinski definition) is 3. The van der Waals surface area contributed by atoms with Gasteiger partial charge in [-0.3, -0.25) is 0 Å². The van der Waals surface area contributed by atoms with Crippen molar-refractivity contribution < 1.29 is 13.5 Å². The van der Waals surface area contributed by atoms with Crippen LogP contribution in [0, 0.1) is 6.92 Å². The first kappa shape index (κ1) is 22.2. The SMILES string of the molecule is CCNC(=NCc1ccc(S(C)(=O)=O)c(C)c1)NCC(O)c1ccc(Cl)cc1. The van der Waals surface area contributed by atoms with E-state index in [1.54, 1.807) is 43.3 Å². The van der Waals surface area contributed by atoms with Gasteiger partial charge < -0.3 is 15.7 Å². The van der Waals surface area contributed by atoms with Crippen molar-refractivity contribution in [3.8, 4) is 0 Å². The van der Waals surface area contributed by atoms with Crippen LogP contribution in [0.15, 0.2) is 52.4 Å². The number of hydrogen-bond acceptors (Lipinski definition) is 4. The second-order valence-corrected chi connectivity index (χ2v) is 8.94. The lowest BCUT2D eigenvalue weighted by Gasteiger charge is -2.16. The molecule has 0 heterocycles. The Morgan fingerprint density at radius 2 is 1.86 bits per heavy atom. The third-order valence-electron chi connectivity index (χ3n) is 4.12. The smallest absolute Gasteiger partial charge is 0.191 e. The molecule has 0 saturated carbocycles. The van der Waals surface area contributed by atoms with Gasteiger partial charge in [0.1, 0.15) is 0 Å². The van der Waals surface area contributed by atoms with Gasteiger partial charge in [-0.05, 0) is 48.7 Å². The van der Waals surface area contributed by atoms with Crippen molar-refractivity contribution in [2.45, 2.75) is 31.4 Å². The summed E-state index contributed by atoms with van der Waals surface area (Å²) in [5.74, 6) is 0.570. The largest absolute Gasteiger partial charge is 0.387 e. The summed E-state index contributed by atoms with van der Waals surface area (Å²) in [5.41, 5.74) is 2.37. The number of aliphatic hydroxyl groups excluding tert-OH is 1. The molecule has 0 radical (unpaired) electrons. The minimum atomic E-state index is -3.23. The Balaban J connectivity index is 2.03. The molecule has 152 valence electrons. The van der Waals surface area contributed by atoms with Crippen molar-refractivity contribution in [3.63, 3.8) is 0 Å². The van der Waals surface area contributed by atoms with Crippen molar-refractivity contribution in [2.24, 2.45) is 4.99 Å². The first-order valence-corrected chi connectivity index (χ1v) is 11.2. The maximum atomic E-state index is 11.7. The minimum absolute atomic E-state index is 0.291. The third kappa shape index (κ3) is 6.51. The molecule has 0 saturated heterocycles. The summed E-state index contributed by atoms with van der Waals surface area (Å²) in [6.07, 6.45) is 0.504. The average molecular weight is 424 g/mol. The van der Waals surface area contributed by atoms with E-state index in [-0.39, 0.29) is 0 Å². The number of aliphatic hydroxyl groups is 1. The molecule has 2 aromatic rings. The molecule has 2 rings (SSSR count). The van der Waals surface area contributed by atoms with Gasteiger partial charge in [-0.25, -0.2) is 13.4 Å². The van der Waals surface area contributed by atoms with Crippen LogP contribution in [0.2, 0.25) is 5.02 Å². The van der Waals surface area contributed by atoms with Gasteiger partial charge in [-0.15, -0.1) is 0 Å². The summed E-state index contributed by atoms with van der Waals surface area (Å²) in [6, 6.07) is 12.2. The van der Waals surface area contributed by atoms with E-state index in [0.29, 0.717) is 41.1 Å². The van der Waals surface area contributed by atoms with Gasteiger partial charge in [-0.1, -0.05) is 35.9 Å². The number of rotatable bonds is 7. The number of aliphatic imine (C=N–C) groups is 1. The van der Waals surface area contributed by atoms with E-state index in [9.17, 15) is 13.5 Å². The van der Waals surface area contributed by atoms with Crippen LogP contribution >= 0.6 is 11.6 Å². The second-order valence-electron chi connectivity index (χ2n) is 6.52. The highest BCUT2D eigenvalue weighted by molar-refractivity contribution is 7.90. The van der Waals surface area contributed by atoms with Crippen LogP contribution in [0.5, 0.6) is 0 Å². The Hall–Kier alpha value is -2.09. The molecule has 0 aliphatic heterocycles. The van der Waals surface area contributed by atoms with Crippen LogP contribution in [0.1, 0.15) is 29.7 Å². The molecule has 0 aliphatic carbocycles. The molecule has 1 unspecified atom stereocenters. The van der Waals surface area contributed by atoms with E-state index in [1.807, 2.05) is 13.0 Å². The molecule has 1 atom stereocenters. The molecule has 0 aromatic heterocycles. The number of benzene rings is 2. The second kappa shape index (κ2) is 9.91. The number of sulfone groups is 1. The fourth-order valence-corrected chi connectivity index (χ4v) is 3.82. The van der Waals surface area contributed by atoms with E-state index < -0.39 is 15.9 Å². The number of guanidine groups is 1. The normalized spacial score (nSPS) is 13.2. The van der Waals surface area contributed by atoms with Crippen LogP contribution in [-0.2, 0) is 16.4 Å². The highest BCUT2D eigenvalue weighted by atomic mass is 35.5. The predicted octanol–water partition coefficient (Wildman–Crippen LogP) is 2.84. The monoisotopic (exact) mass is 423 g/mol. The maximum Gasteiger partial charge on any atom is 0.191 e. The molecule has 0 fully saturated rings. The van der Waals surface area contributed by atoms with Gasteiger partial charge in [0, 0.05) is 24.4 Å². The zero-order chi connectivity index (χ0) is 20.7. The molecule has 28 heavy (non-hydrogen) atoms. The van der Waals surface area contributed by atoms with Crippen molar-refractivity contribution in [2.75, 3.05) is 19.3 Å². The summed E-state index contributed by atoms with van der Waals surface area (Å²) in [4.78, 5) is 4.84. The van der Waals surface area contributed by atoms with Crippen LogP contribution in [0.4, 0.5) is 0 Å². The van der Waals surface area contributed by atoms with Crippen molar-refractivity contribution in [1.82, 2.24) is 10.6 Å². The van der Waals surface area contributed by atoms with Crippen molar-refractivity contribution in [3.05, 3.63) is 64.2 Å². The highest BCUT2D eigenvalue weighted by Gasteiger charge is 2.11. The van der Waals surface area contributed by atoms with E-state index in [2.05, 4.69) is 15.6 Å². The Morgan fingerprint density at radius 1 is 1.18 bits per heavy atom. The van der Waals surface area contributed by atoms with Gasteiger partial charge in [0.15, 0.2) is 15.8 Å². The van der Waals surface area contributed by atoms with Crippen LogP contribution < -0.4 is 10.6 Å². The van der Waals surface area contributed by atoms with E-state index in [1.165, 1.54) is 6.26 Å². The Bertz CT molecular complexity index is 928. The number of aryl methyl sites for hydroxylation is 1. The summed E-state index contributed by atoms with van der Waals surface area (Å²) in [7, 11) is -3.23. The molecule has 2 aromatic carbocycles. The van der Waals surface area contributed by atoms with E-state index in [0.717, 1.165) is 11.1 Å². The Labute approximate surface area is 171 Å². The molecular formula is C20H26ClN3O3S. The topological polar surface area (TPSA) is 90.8 Å². The van der Waals surface area contributed by atoms with Gasteiger partial charge in [0.05, 0.1) is 17.5 Å². The van der Waals surface area contributed by atoms with Crippen LogP contribution in [-0.4, -0.2) is 38.8 Å². The molecule has 3 N–H and O–H groups in total. The predicted molar refractivity (Wildman–Crippen MR) is 114 cm³/mol. The summed E-state index contributed by atoms with van der Waals surface area (Å²) in [6.45, 7) is 5.08. The van der Waals surface area contributed by atoms with Gasteiger partial charge in [-0.2, -0.15) is 0 Å². The molecule has 0 spiro atoms. The van der Waals surface area contributed by atoms with Crippen LogP contribution in [0.25, 0.3) is 0 Å². The van der Waals surface area contributed by atoms with E-state index in [4.69, 9.17) is 11.6 Å². The van der Waals surface area contributed by atoms with Gasteiger partial charge in [0.2, 0.25) is 0 Å². The van der Waals surface area contributed by atoms with Crippen LogP contribution in [0.3, 0.4) is 0 Å². The third-order valence-corrected chi connectivity index (χ3v) is 5.63. The van der Waals surface area contributed by atoms with E-state index >= 15 is 0 Å².